The molecule has 2 aromatic carbocycles. The Hall–Kier alpha value is -3.45. The van der Waals surface area contributed by atoms with E-state index < -0.39 is 0 Å². The van der Waals surface area contributed by atoms with E-state index in [1.54, 1.807) is 11.5 Å². The zero-order chi connectivity index (χ0) is 25.3. The number of nitrogens with one attached hydrogen (secondary N) is 2. The van der Waals surface area contributed by atoms with E-state index in [0.29, 0.717) is 43.0 Å². The van der Waals surface area contributed by atoms with Crippen LogP contribution in [0.25, 0.3) is 10.9 Å². The number of aromatic nitrogens is 1. The largest absolute Gasteiger partial charge is 0.488 e. The molecule has 0 radical (unpaired) electrons. The minimum atomic E-state index is -0.374. The maximum Gasteiger partial charge on any atom is 0.270 e. The summed E-state index contributed by atoms with van der Waals surface area (Å²) in [5.74, 6) is 0.0122. The van der Waals surface area contributed by atoms with Crippen molar-refractivity contribution in [3.63, 3.8) is 0 Å². The fourth-order valence-corrected chi connectivity index (χ4v) is 3.75. The molecule has 35 heavy (non-hydrogen) atoms. The second-order valence-electron chi connectivity index (χ2n) is 9.71. The predicted octanol–water partition coefficient (Wildman–Crippen LogP) is 5.30. The summed E-state index contributed by atoms with van der Waals surface area (Å²) in [7, 11) is 0. The van der Waals surface area contributed by atoms with E-state index in [0.717, 1.165) is 30.2 Å². The number of ether oxygens (including phenoxy) is 1. The fraction of sp³-hybridized carbons (Fsp3) is 0.393. The smallest absolute Gasteiger partial charge is 0.270 e. The zero-order valence-electron chi connectivity index (χ0n) is 20.8. The lowest BCUT2D eigenvalue weighted by molar-refractivity contribution is -0.129. The number of amides is 2. The van der Waals surface area contributed by atoms with Crippen LogP contribution in [0, 0.1) is 0 Å². The lowest BCUT2D eigenvalue weighted by Crippen LogP contribution is -2.25. The molecule has 0 fully saturated rings. The van der Waals surface area contributed by atoms with Gasteiger partial charge in [0.05, 0.1) is 5.52 Å². The summed E-state index contributed by atoms with van der Waals surface area (Å²) in [6.45, 7) is 7.48. The predicted molar refractivity (Wildman–Crippen MR) is 137 cm³/mol. The molecule has 0 saturated heterocycles. The minimum absolute atomic E-state index is 0.0966. The van der Waals surface area contributed by atoms with Gasteiger partial charge in [0, 0.05) is 24.4 Å². The summed E-state index contributed by atoms with van der Waals surface area (Å²) >= 11 is 0. The van der Waals surface area contributed by atoms with Crippen molar-refractivity contribution in [1.29, 1.82) is 0 Å². The monoisotopic (exact) mass is 477 g/mol. The molecule has 7 heteroatoms. The number of unbranched alkanes of at least 4 members (excludes halogenated alkanes) is 3. The van der Waals surface area contributed by atoms with Crippen molar-refractivity contribution < 1.29 is 19.5 Å². The number of pyridine rings is 1. The van der Waals surface area contributed by atoms with Crippen LogP contribution in [0.2, 0.25) is 0 Å². The first-order valence-electron chi connectivity index (χ1n) is 12.1. The number of hydrogen-bond donors (Lipinski definition) is 3. The molecule has 3 N–H and O–H groups in total. The van der Waals surface area contributed by atoms with Gasteiger partial charge in [-0.15, -0.1) is 0 Å². The molecule has 0 aliphatic rings. The first kappa shape index (κ1) is 26.2. The number of nitrogens with zero attached hydrogens (tertiary/aromatic N) is 1. The van der Waals surface area contributed by atoms with E-state index in [4.69, 9.17) is 9.94 Å². The number of hydrogen-bond acceptors (Lipinski definition) is 5. The van der Waals surface area contributed by atoms with Crippen molar-refractivity contribution in [2.75, 3.05) is 6.54 Å². The molecule has 3 rings (SSSR count). The van der Waals surface area contributed by atoms with Gasteiger partial charge < -0.3 is 10.1 Å². The molecular weight excluding hydrogens is 442 g/mol. The summed E-state index contributed by atoms with van der Waals surface area (Å²) in [4.78, 5) is 28.3. The summed E-state index contributed by atoms with van der Waals surface area (Å²) in [5.41, 5.74) is 5.08. The second kappa shape index (κ2) is 12.3. The van der Waals surface area contributed by atoms with Crippen LogP contribution in [0.5, 0.6) is 5.75 Å². The van der Waals surface area contributed by atoms with E-state index in [2.05, 4.69) is 55.3 Å². The summed E-state index contributed by atoms with van der Waals surface area (Å²) in [6, 6.07) is 17.8. The summed E-state index contributed by atoms with van der Waals surface area (Å²) in [6.07, 6.45) is 3.53. The Balaban J connectivity index is 1.60. The van der Waals surface area contributed by atoms with Crippen molar-refractivity contribution in [2.24, 2.45) is 0 Å². The number of para-hydroxylation sites is 1. The first-order chi connectivity index (χ1) is 16.8. The van der Waals surface area contributed by atoms with Crippen LogP contribution in [0.4, 0.5) is 0 Å². The summed E-state index contributed by atoms with van der Waals surface area (Å²) in [5, 5.41) is 12.3. The van der Waals surface area contributed by atoms with Gasteiger partial charge in [0.15, 0.2) is 0 Å². The quantitative estimate of drug-likeness (QED) is 0.198. The van der Waals surface area contributed by atoms with Crippen molar-refractivity contribution in [3.8, 4) is 5.75 Å². The fourth-order valence-electron chi connectivity index (χ4n) is 3.75. The Labute approximate surface area is 206 Å². The Morgan fingerprint density at radius 1 is 0.971 bits per heavy atom. The normalized spacial score (nSPS) is 11.3. The maximum atomic E-state index is 12.8. The molecule has 186 valence electrons. The van der Waals surface area contributed by atoms with Gasteiger partial charge in [-0.1, -0.05) is 70.0 Å². The van der Waals surface area contributed by atoms with Crippen LogP contribution < -0.4 is 15.5 Å². The van der Waals surface area contributed by atoms with Crippen molar-refractivity contribution in [2.45, 2.75) is 64.9 Å². The van der Waals surface area contributed by atoms with Crippen molar-refractivity contribution in [3.05, 3.63) is 71.4 Å². The van der Waals surface area contributed by atoms with E-state index in [1.807, 2.05) is 24.3 Å². The van der Waals surface area contributed by atoms with Crippen LogP contribution in [0.3, 0.4) is 0 Å². The van der Waals surface area contributed by atoms with Crippen LogP contribution in [0.1, 0.15) is 74.5 Å². The highest BCUT2D eigenvalue weighted by Gasteiger charge is 2.15. The molecule has 3 aromatic rings. The molecule has 1 heterocycles. The Kier molecular flexibility index (Phi) is 9.20. The van der Waals surface area contributed by atoms with Gasteiger partial charge in [0.25, 0.3) is 5.91 Å². The van der Waals surface area contributed by atoms with Crippen LogP contribution in [-0.2, 0) is 16.8 Å². The van der Waals surface area contributed by atoms with Gasteiger partial charge in [-0.2, -0.15) is 0 Å². The van der Waals surface area contributed by atoms with Crippen LogP contribution in [0.15, 0.2) is 54.6 Å². The Morgan fingerprint density at radius 3 is 2.40 bits per heavy atom. The number of rotatable bonds is 11. The van der Waals surface area contributed by atoms with E-state index >= 15 is 0 Å². The highest BCUT2D eigenvalue weighted by atomic mass is 16.5. The minimum Gasteiger partial charge on any atom is -0.488 e. The SMILES string of the molecule is CC(C)(C)c1ccc(COc2cc(C(=O)NCCCCCCC(=O)NO)nc3ccccc23)cc1. The van der Waals surface area contributed by atoms with E-state index in [9.17, 15) is 9.59 Å². The average molecular weight is 478 g/mol. The topological polar surface area (TPSA) is 101 Å². The molecule has 0 atom stereocenters. The number of carbonyl (C=O) groups excluding carboxylic acids is 2. The highest BCUT2D eigenvalue weighted by molar-refractivity contribution is 5.97. The maximum absolute atomic E-state index is 12.8. The van der Waals surface area contributed by atoms with E-state index in [1.165, 1.54) is 5.56 Å². The summed E-state index contributed by atoms with van der Waals surface area (Å²) < 4.78 is 6.15. The van der Waals surface area contributed by atoms with Gasteiger partial charge in [0.1, 0.15) is 18.1 Å². The van der Waals surface area contributed by atoms with Gasteiger partial charge in [-0.25, -0.2) is 10.5 Å². The average Bonchev–Trinajstić information content (AvgIpc) is 2.85. The molecule has 1 aromatic heterocycles. The van der Waals surface area contributed by atoms with Gasteiger partial charge >= 0.3 is 0 Å². The number of hydroxylamine groups is 1. The van der Waals surface area contributed by atoms with Crippen LogP contribution in [-0.4, -0.2) is 28.6 Å². The molecular formula is C28H35N3O4. The number of benzene rings is 2. The van der Waals surface area contributed by atoms with Crippen molar-refractivity contribution >= 4 is 22.7 Å². The lowest BCUT2D eigenvalue weighted by atomic mass is 9.87. The lowest BCUT2D eigenvalue weighted by Gasteiger charge is -2.19. The Bertz CT molecular complexity index is 1140. The van der Waals surface area contributed by atoms with Crippen molar-refractivity contribution in [1.82, 2.24) is 15.8 Å². The first-order valence-corrected chi connectivity index (χ1v) is 12.1. The van der Waals surface area contributed by atoms with Gasteiger partial charge in [-0.3, -0.25) is 14.8 Å². The van der Waals surface area contributed by atoms with Gasteiger partial charge in [-0.05, 0) is 41.5 Å². The molecule has 0 saturated carbocycles. The molecule has 0 bridgehead atoms. The standard InChI is InChI=1S/C28H35N3O4/c1-28(2,3)21-15-13-20(14-16-21)19-35-25-18-24(30-23-11-8-7-10-22(23)25)27(33)29-17-9-5-4-6-12-26(32)31-34/h7-8,10-11,13-16,18,34H,4-6,9,12,17,19H2,1-3H3,(H,29,33)(H,31,32). The highest BCUT2D eigenvalue weighted by Crippen LogP contribution is 2.27. The molecule has 0 unspecified atom stereocenters. The third-order valence-electron chi connectivity index (χ3n) is 5.87. The van der Waals surface area contributed by atoms with Crippen LogP contribution >= 0.6 is 0 Å². The van der Waals surface area contributed by atoms with Gasteiger partial charge in [0.2, 0.25) is 5.91 Å². The number of fused-ring (bicyclic) bond motifs is 1. The number of carbonyl (C=O) groups is 2. The third-order valence-corrected chi connectivity index (χ3v) is 5.87. The zero-order valence-corrected chi connectivity index (χ0v) is 20.8. The molecule has 0 spiro atoms. The second-order valence-corrected chi connectivity index (χ2v) is 9.71. The van der Waals surface area contributed by atoms with E-state index in [-0.39, 0.29) is 17.2 Å². The molecule has 0 aliphatic carbocycles. The molecule has 2 amide bonds. The molecule has 0 aliphatic heterocycles. The Morgan fingerprint density at radius 2 is 1.69 bits per heavy atom. The molecule has 7 nitrogen and oxygen atoms in total. The third kappa shape index (κ3) is 7.79.